The summed E-state index contributed by atoms with van der Waals surface area (Å²) in [5, 5.41) is 3.58. The number of hydrogen-bond donors (Lipinski definition) is 0. The van der Waals surface area contributed by atoms with Crippen molar-refractivity contribution >= 4 is 17.3 Å². The number of esters is 1. The van der Waals surface area contributed by atoms with E-state index in [4.69, 9.17) is 9.47 Å². The molecule has 0 bridgehead atoms. The molecule has 5 heteroatoms. The second kappa shape index (κ2) is 6.19. The van der Waals surface area contributed by atoms with Crippen LogP contribution < -0.4 is 9.47 Å². The summed E-state index contributed by atoms with van der Waals surface area (Å²) in [6, 6.07) is 14.0. The van der Waals surface area contributed by atoms with Crippen LogP contribution in [0.5, 0.6) is 17.4 Å². The van der Waals surface area contributed by atoms with E-state index in [9.17, 15) is 4.79 Å². The smallest absolute Gasteiger partial charge is 0.344 e. The Hall–Kier alpha value is -2.66. The number of ether oxygens (including phenoxy) is 2. The quantitative estimate of drug-likeness (QED) is 0.536. The van der Waals surface area contributed by atoms with Crippen molar-refractivity contribution in [1.82, 2.24) is 4.98 Å². The highest BCUT2D eigenvalue weighted by Crippen LogP contribution is 2.22. The third kappa shape index (κ3) is 3.46. The molecule has 1 aromatic carbocycles. The lowest BCUT2D eigenvalue weighted by Gasteiger charge is -2.06. The molecule has 0 unspecified atom stereocenters. The zero-order chi connectivity index (χ0) is 14.5. The van der Waals surface area contributed by atoms with Crippen LogP contribution in [0.25, 0.3) is 0 Å². The van der Waals surface area contributed by atoms with E-state index in [2.05, 4.69) is 4.98 Å². The Morgan fingerprint density at radius 2 is 1.81 bits per heavy atom. The van der Waals surface area contributed by atoms with Crippen LogP contribution in [0.3, 0.4) is 0 Å². The van der Waals surface area contributed by atoms with Gasteiger partial charge in [0.1, 0.15) is 11.5 Å². The predicted molar refractivity (Wildman–Crippen MR) is 80.0 cm³/mol. The van der Waals surface area contributed by atoms with Crippen LogP contribution in [0.1, 0.15) is 10.4 Å². The Bertz CT molecular complexity index is 709. The second-order valence-electron chi connectivity index (χ2n) is 4.14. The molecule has 0 N–H and O–H groups in total. The standard InChI is InChI=1S/C16H11NO3S/c18-16(12-8-10-21-11-12)20-14-6-4-13(5-7-14)19-15-3-1-2-9-17-15/h1-11H. The van der Waals surface area contributed by atoms with Crippen molar-refractivity contribution in [3.63, 3.8) is 0 Å². The molecule has 2 heterocycles. The fourth-order valence-electron chi connectivity index (χ4n) is 1.65. The van der Waals surface area contributed by atoms with Crippen molar-refractivity contribution in [1.29, 1.82) is 0 Å². The van der Waals surface area contributed by atoms with E-state index in [0.29, 0.717) is 22.9 Å². The van der Waals surface area contributed by atoms with Gasteiger partial charge in [-0.25, -0.2) is 9.78 Å². The van der Waals surface area contributed by atoms with E-state index >= 15 is 0 Å². The van der Waals surface area contributed by atoms with Gasteiger partial charge in [0.15, 0.2) is 0 Å². The van der Waals surface area contributed by atoms with Crippen LogP contribution in [0, 0.1) is 0 Å². The molecule has 2 aromatic heterocycles. The maximum atomic E-state index is 11.8. The molecule has 0 aliphatic rings. The Morgan fingerprint density at radius 3 is 2.48 bits per heavy atom. The summed E-state index contributed by atoms with van der Waals surface area (Å²) < 4.78 is 10.8. The molecule has 104 valence electrons. The van der Waals surface area contributed by atoms with E-state index in [0.717, 1.165) is 0 Å². The Kier molecular flexibility index (Phi) is 3.93. The molecule has 4 nitrogen and oxygen atoms in total. The Morgan fingerprint density at radius 1 is 1.00 bits per heavy atom. The predicted octanol–water partition coefficient (Wildman–Crippen LogP) is 4.15. The van der Waals surface area contributed by atoms with Gasteiger partial charge in [0.2, 0.25) is 5.88 Å². The van der Waals surface area contributed by atoms with Crippen molar-refractivity contribution in [2.45, 2.75) is 0 Å². The minimum absolute atomic E-state index is 0.366. The number of aromatic nitrogens is 1. The normalized spacial score (nSPS) is 10.1. The summed E-state index contributed by atoms with van der Waals surface area (Å²) in [6.45, 7) is 0. The van der Waals surface area contributed by atoms with Crippen molar-refractivity contribution in [3.8, 4) is 17.4 Å². The molecule has 0 aliphatic carbocycles. The second-order valence-corrected chi connectivity index (χ2v) is 4.92. The van der Waals surface area contributed by atoms with Gasteiger partial charge >= 0.3 is 5.97 Å². The van der Waals surface area contributed by atoms with Gasteiger partial charge in [-0.05, 0) is 41.8 Å². The monoisotopic (exact) mass is 297 g/mol. The summed E-state index contributed by atoms with van der Waals surface area (Å²) in [5.74, 6) is 1.25. The fourth-order valence-corrected chi connectivity index (χ4v) is 2.28. The van der Waals surface area contributed by atoms with E-state index in [1.165, 1.54) is 11.3 Å². The first kappa shape index (κ1) is 13.3. The van der Waals surface area contributed by atoms with Crippen molar-refractivity contribution < 1.29 is 14.3 Å². The van der Waals surface area contributed by atoms with Crippen molar-refractivity contribution in [2.24, 2.45) is 0 Å². The lowest BCUT2D eigenvalue weighted by atomic mass is 10.3. The van der Waals surface area contributed by atoms with E-state index < -0.39 is 0 Å². The Balaban J connectivity index is 1.65. The SMILES string of the molecule is O=C(Oc1ccc(Oc2ccccn2)cc1)c1ccsc1. The summed E-state index contributed by atoms with van der Waals surface area (Å²) in [5.41, 5.74) is 0.550. The van der Waals surface area contributed by atoms with E-state index in [1.807, 2.05) is 17.5 Å². The summed E-state index contributed by atoms with van der Waals surface area (Å²) in [7, 11) is 0. The topological polar surface area (TPSA) is 48.4 Å². The average molecular weight is 297 g/mol. The van der Waals surface area contributed by atoms with Crippen LogP contribution >= 0.6 is 11.3 Å². The molecule has 0 saturated carbocycles. The molecule has 0 amide bonds. The summed E-state index contributed by atoms with van der Waals surface area (Å²) >= 11 is 1.45. The number of pyridine rings is 1. The molecular formula is C16H11NO3S. The van der Waals surface area contributed by atoms with Crippen molar-refractivity contribution in [3.05, 3.63) is 71.1 Å². The number of hydrogen-bond acceptors (Lipinski definition) is 5. The number of nitrogens with zero attached hydrogens (tertiary/aromatic N) is 1. The first-order valence-electron chi connectivity index (χ1n) is 6.24. The van der Waals surface area contributed by atoms with Gasteiger partial charge in [0.05, 0.1) is 5.56 Å². The lowest BCUT2D eigenvalue weighted by Crippen LogP contribution is -2.06. The molecule has 21 heavy (non-hydrogen) atoms. The van der Waals surface area contributed by atoms with E-state index in [1.54, 1.807) is 48.0 Å². The average Bonchev–Trinajstić information content (AvgIpc) is 3.05. The number of benzene rings is 1. The first-order valence-corrected chi connectivity index (χ1v) is 7.19. The highest BCUT2D eigenvalue weighted by atomic mass is 32.1. The zero-order valence-electron chi connectivity index (χ0n) is 10.9. The maximum Gasteiger partial charge on any atom is 0.344 e. The van der Waals surface area contributed by atoms with Crippen LogP contribution in [-0.2, 0) is 0 Å². The summed E-state index contributed by atoms with van der Waals surface area (Å²) in [6.07, 6.45) is 1.66. The van der Waals surface area contributed by atoms with Crippen LogP contribution in [-0.4, -0.2) is 11.0 Å². The molecule has 0 atom stereocenters. The van der Waals surface area contributed by atoms with Gasteiger partial charge in [-0.15, -0.1) is 0 Å². The maximum absolute atomic E-state index is 11.8. The molecule has 3 aromatic rings. The first-order chi connectivity index (χ1) is 10.3. The molecule has 0 saturated heterocycles. The van der Waals surface area contributed by atoms with Gasteiger partial charge in [0, 0.05) is 17.6 Å². The van der Waals surface area contributed by atoms with Gasteiger partial charge < -0.3 is 9.47 Å². The molecular weight excluding hydrogens is 286 g/mol. The Labute approximate surface area is 125 Å². The van der Waals surface area contributed by atoms with Crippen molar-refractivity contribution in [2.75, 3.05) is 0 Å². The minimum Gasteiger partial charge on any atom is -0.439 e. The number of carbonyl (C=O) groups excluding carboxylic acids is 1. The van der Waals surface area contributed by atoms with Gasteiger partial charge in [-0.2, -0.15) is 11.3 Å². The van der Waals surface area contributed by atoms with Gasteiger partial charge in [-0.1, -0.05) is 6.07 Å². The van der Waals surface area contributed by atoms with Crippen LogP contribution in [0.4, 0.5) is 0 Å². The number of carbonyl (C=O) groups is 1. The van der Waals surface area contributed by atoms with Gasteiger partial charge in [0.25, 0.3) is 0 Å². The molecule has 0 aliphatic heterocycles. The highest BCUT2D eigenvalue weighted by Gasteiger charge is 2.08. The van der Waals surface area contributed by atoms with Crippen LogP contribution in [0.2, 0.25) is 0 Å². The number of thiophene rings is 1. The van der Waals surface area contributed by atoms with Crippen LogP contribution in [0.15, 0.2) is 65.5 Å². The van der Waals surface area contributed by atoms with E-state index in [-0.39, 0.29) is 5.97 Å². The minimum atomic E-state index is -0.366. The molecule has 0 fully saturated rings. The molecule has 0 spiro atoms. The van der Waals surface area contributed by atoms with Gasteiger partial charge in [-0.3, -0.25) is 0 Å². The largest absolute Gasteiger partial charge is 0.439 e. The highest BCUT2D eigenvalue weighted by molar-refractivity contribution is 7.08. The molecule has 0 radical (unpaired) electrons. The molecule has 3 rings (SSSR count). The fraction of sp³-hybridized carbons (Fsp3) is 0. The third-order valence-electron chi connectivity index (χ3n) is 2.65. The summed E-state index contributed by atoms with van der Waals surface area (Å²) in [4.78, 5) is 15.9. The third-order valence-corrected chi connectivity index (χ3v) is 3.33. The number of rotatable bonds is 4. The zero-order valence-corrected chi connectivity index (χ0v) is 11.7. The lowest BCUT2D eigenvalue weighted by molar-refractivity contribution is 0.0735.